The molecule has 1 aliphatic carbocycles. The van der Waals surface area contributed by atoms with E-state index in [1.807, 2.05) is 0 Å². The monoisotopic (exact) mass is 224 g/mol. The summed E-state index contributed by atoms with van der Waals surface area (Å²) in [5.41, 5.74) is 6.85. The van der Waals surface area contributed by atoms with Crippen LogP contribution in [0.5, 0.6) is 0 Å². The van der Waals surface area contributed by atoms with Crippen LogP contribution in [0, 0.1) is 5.41 Å². The van der Waals surface area contributed by atoms with Crippen molar-refractivity contribution in [3.05, 3.63) is 0 Å². The zero-order valence-corrected chi connectivity index (χ0v) is 11.2. The highest BCUT2D eigenvalue weighted by Gasteiger charge is 2.38. The first-order chi connectivity index (χ1) is 7.49. The summed E-state index contributed by atoms with van der Waals surface area (Å²) in [6.45, 7) is 8.46. The summed E-state index contributed by atoms with van der Waals surface area (Å²) in [7, 11) is 0. The van der Waals surface area contributed by atoms with Crippen molar-refractivity contribution in [3.8, 4) is 0 Å². The second kappa shape index (κ2) is 4.66. The van der Waals surface area contributed by atoms with Crippen molar-refractivity contribution in [1.82, 2.24) is 4.90 Å². The van der Waals surface area contributed by atoms with Gasteiger partial charge in [0.2, 0.25) is 0 Å². The van der Waals surface area contributed by atoms with Gasteiger partial charge in [-0.25, -0.2) is 0 Å². The summed E-state index contributed by atoms with van der Waals surface area (Å²) >= 11 is 0. The highest BCUT2D eigenvalue weighted by atomic mass is 15.2. The van der Waals surface area contributed by atoms with E-state index in [0.29, 0.717) is 17.5 Å². The third-order valence-corrected chi connectivity index (χ3v) is 4.69. The molecule has 94 valence electrons. The maximum atomic E-state index is 6.35. The van der Waals surface area contributed by atoms with Gasteiger partial charge < -0.3 is 5.73 Å². The van der Waals surface area contributed by atoms with Gasteiger partial charge >= 0.3 is 0 Å². The molecule has 0 bridgehead atoms. The number of hydrogen-bond donors (Lipinski definition) is 1. The predicted molar refractivity (Wildman–Crippen MR) is 69.4 cm³/mol. The summed E-state index contributed by atoms with van der Waals surface area (Å²) in [4.78, 5) is 2.70. The quantitative estimate of drug-likeness (QED) is 0.742. The van der Waals surface area contributed by atoms with Gasteiger partial charge in [0.05, 0.1) is 0 Å². The zero-order valence-electron chi connectivity index (χ0n) is 11.2. The molecule has 2 nitrogen and oxygen atoms in total. The van der Waals surface area contributed by atoms with Crippen LogP contribution >= 0.6 is 0 Å². The summed E-state index contributed by atoms with van der Waals surface area (Å²) in [6, 6.07) is 1.80. The van der Waals surface area contributed by atoms with Crippen LogP contribution in [-0.2, 0) is 0 Å². The van der Waals surface area contributed by atoms with Crippen molar-refractivity contribution in [2.24, 2.45) is 11.1 Å². The smallest absolute Gasteiger partial charge is 0.0255 e. The molecule has 3 unspecified atom stereocenters. The van der Waals surface area contributed by atoms with Gasteiger partial charge in [0.25, 0.3) is 0 Å². The molecule has 0 radical (unpaired) electrons. The lowest BCUT2D eigenvalue weighted by Gasteiger charge is -2.48. The van der Waals surface area contributed by atoms with E-state index in [1.54, 1.807) is 0 Å². The van der Waals surface area contributed by atoms with Gasteiger partial charge in [0.1, 0.15) is 0 Å². The Morgan fingerprint density at radius 2 is 1.94 bits per heavy atom. The molecule has 2 fully saturated rings. The zero-order chi connectivity index (χ0) is 11.8. The van der Waals surface area contributed by atoms with E-state index in [4.69, 9.17) is 5.73 Å². The number of nitrogens with zero attached hydrogens (tertiary/aromatic N) is 1. The lowest BCUT2D eigenvalue weighted by atomic mass is 9.72. The van der Waals surface area contributed by atoms with Crippen molar-refractivity contribution in [3.63, 3.8) is 0 Å². The minimum absolute atomic E-state index is 0.411. The first-order valence-corrected chi connectivity index (χ1v) is 7.01. The Morgan fingerprint density at radius 1 is 1.19 bits per heavy atom. The average molecular weight is 224 g/mol. The summed E-state index contributed by atoms with van der Waals surface area (Å²) in [6.07, 6.45) is 7.94. The van der Waals surface area contributed by atoms with E-state index in [1.165, 1.54) is 45.1 Å². The Hall–Kier alpha value is -0.0800. The Balaban J connectivity index is 2.05. The second-order valence-corrected chi connectivity index (χ2v) is 6.72. The summed E-state index contributed by atoms with van der Waals surface area (Å²) < 4.78 is 0. The fraction of sp³-hybridized carbons (Fsp3) is 1.00. The van der Waals surface area contributed by atoms with E-state index in [0.717, 1.165) is 6.04 Å². The predicted octanol–water partition coefficient (Wildman–Crippen LogP) is 2.77. The van der Waals surface area contributed by atoms with Crippen molar-refractivity contribution in [1.29, 1.82) is 0 Å². The van der Waals surface area contributed by atoms with E-state index in [2.05, 4.69) is 25.7 Å². The first kappa shape index (κ1) is 12.4. The SMILES string of the molecule is CC1CCCCN1C1CC(C)(C)CCC1N. The Morgan fingerprint density at radius 3 is 2.62 bits per heavy atom. The molecule has 2 rings (SSSR count). The molecule has 0 aromatic heterocycles. The molecular formula is C14H28N2. The molecule has 1 heterocycles. The van der Waals surface area contributed by atoms with E-state index in [9.17, 15) is 0 Å². The number of nitrogens with two attached hydrogens (primary N) is 1. The van der Waals surface area contributed by atoms with Crippen molar-refractivity contribution >= 4 is 0 Å². The van der Waals surface area contributed by atoms with Gasteiger partial charge in [0, 0.05) is 18.1 Å². The maximum absolute atomic E-state index is 6.35. The molecule has 0 aromatic carbocycles. The average Bonchev–Trinajstić information content (AvgIpc) is 2.23. The van der Waals surface area contributed by atoms with Crippen LogP contribution in [0.2, 0.25) is 0 Å². The standard InChI is InChI=1S/C14H28N2/c1-11-6-4-5-9-16(11)13-10-14(2,3)8-7-12(13)15/h11-13H,4-10,15H2,1-3H3. The van der Waals surface area contributed by atoms with Crippen LogP contribution < -0.4 is 5.73 Å². The lowest BCUT2D eigenvalue weighted by molar-refractivity contribution is 0.0330. The molecule has 3 atom stereocenters. The maximum Gasteiger partial charge on any atom is 0.0255 e. The van der Waals surface area contributed by atoms with E-state index < -0.39 is 0 Å². The molecule has 0 amide bonds. The van der Waals surface area contributed by atoms with Crippen LogP contribution in [0.15, 0.2) is 0 Å². The van der Waals surface area contributed by atoms with Crippen LogP contribution in [-0.4, -0.2) is 29.6 Å². The number of likely N-dealkylation sites (tertiary alicyclic amines) is 1. The fourth-order valence-corrected chi connectivity index (χ4v) is 3.55. The highest BCUT2D eigenvalue weighted by Crippen LogP contribution is 2.38. The minimum atomic E-state index is 0.411. The normalized spacial score (nSPS) is 40.9. The first-order valence-electron chi connectivity index (χ1n) is 7.01. The summed E-state index contributed by atoms with van der Waals surface area (Å²) in [5, 5.41) is 0. The van der Waals surface area contributed by atoms with Gasteiger partial charge in [-0.15, -0.1) is 0 Å². The molecule has 2 aliphatic rings. The molecule has 0 spiro atoms. The van der Waals surface area contributed by atoms with Crippen LogP contribution in [0.3, 0.4) is 0 Å². The largest absolute Gasteiger partial charge is 0.326 e. The summed E-state index contributed by atoms with van der Waals surface area (Å²) in [5.74, 6) is 0. The van der Waals surface area contributed by atoms with Gasteiger partial charge in [-0.2, -0.15) is 0 Å². The Kier molecular flexibility index (Phi) is 3.60. The third-order valence-electron chi connectivity index (χ3n) is 4.69. The van der Waals surface area contributed by atoms with Crippen LogP contribution in [0.1, 0.15) is 59.3 Å². The van der Waals surface area contributed by atoms with Crippen molar-refractivity contribution in [2.45, 2.75) is 77.4 Å². The van der Waals surface area contributed by atoms with Gasteiger partial charge in [0.15, 0.2) is 0 Å². The number of piperidine rings is 1. The van der Waals surface area contributed by atoms with Gasteiger partial charge in [-0.3, -0.25) is 4.90 Å². The lowest BCUT2D eigenvalue weighted by Crippen LogP contribution is -2.56. The van der Waals surface area contributed by atoms with Crippen LogP contribution in [0.4, 0.5) is 0 Å². The van der Waals surface area contributed by atoms with Crippen LogP contribution in [0.25, 0.3) is 0 Å². The van der Waals surface area contributed by atoms with Crippen molar-refractivity contribution < 1.29 is 0 Å². The molecule has 2 heteroatoms. The number of rotatable bonds is 1. The fourth-order valence-electron chi connectivity index (χ4n) is 3.55. The van der Waals surface area contributed by atoms with E-state index in [-0.39, 0.29) is 0 Å². The molecule has 1 saturated carbocycles. The number of hydrogen-bond acceptors (Lipinski definition) is 2. The topological polar surface area (TPSA) is 29.3 Å². The highest BCUT2D eigenvalue weighted by molar-refractivity contribution is 4.95. The Labute approximate surface area is 101 Å². The van der Waals surface area contributed by atoms with Gasteiger partial charge in [-0.05, 0) is 51.0 Å². The van der Waals surface area contributed by atoms with Gasteiger partial charge in [-0.1, -0.05) is 20.3 Å². The molecule has 0 aromatic rings. The third kappa shape index (κ3) is 2.60. The molecule has 1 saturated heterocycles. The van der Waals surface area contributed by atoms with E-state index >= 15 is 0 Å². The molecule has 2 N–H and O–H groups in total. The molecular weight excluding hydrogens is 196 g/mol. The molecule has 16 heavy (non-hydrogen) atoms. The minimum Gasteiger partial charge on any atom is -0.326 e. The second-order valence-electron chi connectivity index (χ2n) is 6.72. The molecule has 1 aliphatic heterocycles. The van der Waals surface area contributed by atoms with Crippen molar-refractivity contribution in [2.75, 3.05) is 6.54 Å². The Bertz CT molecular complexity index is 237.